The van der Waals surface area contributed by atoms with E-state index in [1.54, 1.807) is 6.20 Å². The Hall–Kier alpha value is -1.36. The maximum absolute atomic E-state index is 11.4. The van der Waals surface area contributed by atoms with Gasteiger partial charge in [-0.05, 0) is 18.9 Å². The van der Waals surface area contributed by atoms with Crippen molar-refractivity contribution in [1.29, 1.82) is 0 Å². The SMILES string of the molecule is Cn1nccc1CNC1CCCNC1=O. The van der Waals surface area contributed by atoms with Gasteiger partial charge in [-0.25, -0.2) is 0 Å². The van der Waals surface area contributed by atoms with Gasteiger partial charge in [-0.3, -0.25) is 9.48 Å². The highest BCUT2D eigenvalue weighted by atomic mass is 16.2. The summed E-state index contributed by atoms with van der Waals surface area (Å²) >= 11 is 0. The fraction of sp³-hybridized carbons (Fsp3) is 0.600. The van der Waals surface area contributed by atoms with Crippen LogP contribution in [0.25, 0.3) is 0 Å². The Kier molecular flexibility index (Phi) is 3.01. The molecule has 1 atom stereocenters. The lowest BCUT2D eigenvalue weighted by molar-refractivity contribution is -0.124. The smallest absolute Gasteiger partial charge is 0.237 e. The van der Waals surface area contributed by atoms with E-state index in [1.807, 2.05) is 17.8 Å². The zero-order valence-electron chi connectivity index (χ0n) is 8.86. The van der Waals surface area contributed by atoms with E-state index in [-0.39, 0.29) is 11.9 Å². The Morgan fingerprint density at radius 2 is 2.60 bits per heavy atom. The van der Waals surface area contributed by atoms with Crippen LogP contribution in [0.1, 0.15) is 18.5 Å². The van der Waals surface area contributed by atoms with Crippen molar-refractivity contribution in [2.45, 2.75) is 25.4 Å². The van der Waals surface area contributed by atoms with Crippen molar-refractivity contribution in [3.63, 3.8) is 0 Å². The molecule has 1 aliphatic heterocycles. The number of amides is 1. The van der Waals surface area contributed by atoms with Crippen LogP contribution < -0.4 is 10.6 Å². The summed E-state index contributed by atoms with van der Waals surface area (Å²) in [6, 6.07) is 1.90. The molecule has 0 saturated carbocycles. The third-order valence-corrected chi connectivity index (χ3v) is 2.74. The highest BCUT2D eigenvalue weighted by molar-refractivity contribution is 5.82. The number of nitrogens with one attached hydrogen (secondary N) is 2. The van der Waals surface area contributed by atoms with Crippen molar-refractivity contribution in [1.82, 2.24) is 20.4 Å². The minimum absolute atomic E-state index is 0.0475. The first-order valence-corrected chi connectivity index (χ1v) is 5.25. The Morgan fingerprint density at radius 1 is 1.73 bits per heavy atom. The number of aryl methyl sites for hydroxylation is 1. The van der Waals surface area contributed by atoms with Gasteiger partial charge in [-0.2, -0.15) is 5.10 Å². The molecule has 82 valence electrons. The van der Waals surface area contributed by atoms with Crippen molar-refractivity contribution in [2.24, 2.45) is 7.05 Å². The first-order valence-electron chi connectivity index (χ1n) is 5.25. The van der Waals surface area contributed by atoms with E-state index >= 15 is 0 Å². The average Bonchev–Trinajstić information content (AvgIpc) is 2.63. The molecule has 2 heterocycles. The van der Waals surface area contributed by atoms with E-state index in [2.05, 4.69) is 15.7 Å². The Balaban J connectivity index is 1.87. The second kappa shape index (κ2) is 4.44. The molecule has 0 radical (unpaired) electrons. The van der Waals surface area contributed by atoms with Crippen molar-refractivity contribution in [3.05, 3.63) is 18.0 Å². The van der Waals surface area contributed by atoms with E-state index < -0.39 is 0 Å². The fourth-order valence-corrected chi connectivity index (χ4v) is 1.77. The number of aromatic nitrogens is 2. The molecule has 0 bridgehead atoms. The fourth-order valence-electron chi connectivity index (χ4n) is 1.77. The quantitative estimate of drug-likeness (QED) is 0.722. The lowest BCUT2D eigenvalue weighted by Crippen LogP contribution is -2.48. The van der Waals surface area contributed by atoms with Gasteiger partial charge in [0.1, 0.15) is 0 Å². The Bertz CT molecular complexity index is 347. The second-order valence-corrected chi connectivity index (χ2v) is 3.81. The van der Waals surface area contributed by atoms with Crippen molar-refractivity contribution >= 4 is 5.91 Å². The monoisotopic (exact) mass is 208 g/mol. The number of carbonyl (C=O) groups excluding carboxylic acids is 1. The molecule has 1 fully saturated rings. The predicted molar refractivity (Wildman–Crippen MR) is 56.1 cm³/mol. The number of hydrogen-bond donors (Lipinski definition) is 2. The highest BCUT2D eigenvalue weighted by Crippen LogP contribution is 2.04. The van der Waals surface area contributed by atoms with E-state index in [0.717, 1.165) is 25.1 Å². The number of rotatable bonds is 3. The molecule has 0 spiro atoms. The molecule has 15 heavy (non-hydrogen) atoms. The van der Waals surface area contributed by atoms with Gasteiger partial charge in [0.05, 0.1) is 11.7 Å². The summed E-state index contributed by atoms with van der Waals surface area (Å²) in [7, 11) is 1.90. The number of nitrogens with zero attached hydrogens (tertiary/aromatic N) is 2. The van der Waals surface area contributed by atoms with E-state index in [4.69, 9.17) is 0 Å². The lowest BCUT2D eigenvalue weighted by Gasteiger charge is -2.22. The largest absolute Gasteiger partial charge is 0.355 e. The Labute approximate surface area is 88.8 Å². The summed E-state index contributed by atoms with van der Waals surface area (Å²) in [6.07, 6.45) is 3.73. The van der Waals surface area contributed by atoms with Crippen LogP contribution in [0.2, 0.25) is 0 Å². The van der Waals surface area contributed by atoms with Crippen LogP contribution >= 0.6 is 0 Å². The standard InChI is InChI=1S/C10H16N4O/c1-14-8(4-6-13-14)7-12-9-3-2-5-11-10(9)15/h4,6,9,12H,2-3,5,7H2,1H3,(H,11,15). The van der Waals surface area contributed by atoms with E-state index in [1.165, 1.54) is 0 Å². The highest BCUT2D eigenvalue weighted by Gasteiger charge is 2.21. The van der Waals surface area contributed by atoms with E-state index in [9.17, 15) is 4.79 Å². The third-order valence-electron chi connectivity index (χ3n) is 2.74. The summed E-state index contributed by atoms with van der Waals surface area (Å²) < 4.78 is 1.81. The van der Waals surface area contributed by atoms with Crippen LogP contribution in [0.15, 0.2) is 12.3 Å². The molecule has 1 amide bonds. The van der Waals surface area contributed by atoms with Gasteiger partial charge in [0.15, 0.2) is 0 Å². The molecule has 1 saturated heterocycles. The zero-order chi connectivity index (χ0) is 10.7. The summed E-state index contributed by atoms with van der Waals surface area (Å²) in [6.45, 7) is 1.50. The lowest BCUT2D eigenvalue weighted by atomic mass is 10.1. The predicted octanol–water partition coefficient (Wildman–Crippen LogP) is -0.212. The Morgan fingerprint density at radius 3 is 3.27 bits per heavy atom. The first kappa shape index (κ1) is 10.2. The molecule has 0 aromatic carbocycles. The first-order chi connectivity index (χ1) is 7.27. The summed E-state index contributed by atoms with van der Waals surface area (Å²) in [5.41, 5.74) is 1.09. The van der Waals surface area contributed by atoms with Gasteiger partial charge in [-0.15, -0.1) is 0 Å². The van der Waals surface area contributed by atoms with Crippen LogP contribution in [0, 0.1) is 0 Å². The molecule has 5 nitrogen and oxygen atoms in total. The molecule has 2 N–H and O–H groups in total. The minimum atomic E-state index is -0.0475. The summed E-state index contributed by atoms with van der Waals surface area (Å²) in [5, 5.41) is 10.2. The summed E-state index contributed by atoms with van der Waals surface area (Å²) in [5.74, 6) is 0.114. The van der Waals surface area contributed by atoms with Crippen LogP contribution in [0.5, 0.6) is 0 Å². The van der Waals surface area contributed by atoms with Crippen molar-refractivity contribution < 1.29 is 4.79 Å². The summed E-state index contributed by atoms with van der Waals surface area (Å²) in [4.78, 5) is 11.4. The normalized spacial score (nSPS) is 21.4. The molecule has 1 aromatic rings. The van der Waals surface area contributed by atoms with Crippen LogP contribution in [-0.2, 0) is 18.4 Å². The maximum Gasteiger partial charge on any atom is 0.237 e. The molecular weight excluding hydrogens is 192 g/mol. The van der Waals surface area contributed by atoms with Gasteiger partial charge < -0.3 is 10.6 Å². The van der Waals surface area contributed by atoms with Crippen molar-refractivity contribution in [2.75, 3.05) is 6.54 Å². The van der Waals surface area contributed by atoms with E-state index in [0.29, 0.717) is 6.54 Å². The maximum atomic E-state index is 11.4. The van der Waals surface area contributed by atoms with Crippen LogP contribution in [0.3, 0.4) is 0 Å². The minimum Gasteiger partial charge on any atom is -0.355 e. The second-order valence-electron chi connectivity index (χ2n) is 3.81. The van der Waals surface area contributed by atoms with Gasteiger partial charge in [0.2, 0.25) is 5.91 Å². The molecule has 1 aliphatic rings. The molecule has 0 aliphatic carbocycles. The van der Waals surface area contributed by atoms with Crippen LogP contribution in [0.4, 0.5) is 0 Å². The molecule has 5 heteroatoms. The van der Waals surface area contributed by atoms with Crippen LogP contribution in [-0.4, -0.2) is 28.3 Å². The number of carbonyl (C=O) groups is 1. The average molecular weight is 208 g/mol. The van der Waals surface area contributed by atoms with Crippen molar-refractivity contribution in [3.8, 4) is 0 Å². The topological polar surface area (TPSA) is 59.0 Å². The molecule has 2 rings (SSSR count). The third kappa shape index (κ3) is 2.36. The zero-order valence-corrected chi connectivity index (χ0v) is 8.86. The van der Waals surface area contributed by atoms with Gasteiger partial charge in [0.25, 0.3) is 0 Å². The number of piperidine rings is 1. The van der Waals surface area contributed by atoms with Gasteiger partial charge in [0, 0.05) is 26.3 Å². The number of hydrogen-bond acceptors (Lipinski definition) is 3. The van der Waals surface area contributed by atoms with Gasteiger partial charge >= 0.3 is 0 Å². The molecule has 1 unspecified atom stereocenters. The molecular formula is C10H16N4O. The molecule has 1 aromatic heterocycles. The van der Waals surface area contributed by atoms with Gasteiger partial charge in [-0.1, -0.05) is 0 Å².